The highest BCUT2D eigenvalue weighted by atomic mass is 16.7. The van der Waals surface area contributed by atoms with Crippen LogP contribution in [0.15, 0.2) is 12.1 Å². The second-order valence-electron chi connectivity index (χ2n) is 3.68. The minimum atomic E-state index is -0.445. The van der Waals surface area contributed by atoms with E-state index in [2.05, 4.69) is 5.48 Å². The van der Waals surface area contributed by atoms with Crippen molar-refractivity contribution in [3.8, 4) is 17.2 Å². The summed E-state index contributed by atoms with van der Waals surface area (Å²) in [6.45, 7) is 0.626. The number of methoxy groups -OCH3 is 4. The van der Waals surface area contributed by atoms with E-state index in [-0.39, 0.29) is 12.2 Å². The van der Waals surface area contributed by atoms with E-state index in [9.17, 15) is 4.79 Å². The second-order valence-corrected chi connectivity index (χ2v) is 3.68. The van der Waals surface area contributed by atoms with E-state index in [4.69, 9.17) is 23.8 Å². The summed E-state index contributed by atoms with van der Waals surface area (Å²) in [5.41, 5.74) is 2.58. The lowest BCUT2D eigenvalue weighted by Crippen LogP contribution is -2.26. The van der Waals surface area contributed by atoms with Gasteiger partial charge < -0.3 is 18.9 Å². The summed E-state index contributed by atoms with van der Waals surface area (Å²) in [4.78, 5) is 17.0. The molecule has 1 aromatic carbocycles. The number of benzene rings is 1. The lowest BCUT2D eigenvalue weighted by molar-refractivity contribution is 0.00872. The maximum atomic E-state index is 12.0. The minimum absolute atomic E-state index is 0.248. The molecular formula is C13H19NO6. The number of ether oxygens (including phenoxy) is 4. The maximum absolute atomic E-state index is 12.0. The van der Waals surface area contributed by atoms with Gasteiger partial charge in [0.15, 0.2) is 11.5 Å². The van der Waals surface area contributed by atoms with E-state index >= 15 is 0 Å². The zero-order chi connectivity index (χ0) is 15.0. The Bertz CT molecular complexity index is 449. The molecule has 0 saturated heterocycles. The molecule has 0 fully saturated rings. The maximum Gasteiger partial charge on any atom is 0.278 e. The highest BCUT2D eigenvalue weighted by Crippen LogP contribution is 2.34. The van der Waals surface area contributed by atoms with E-state index in [1.807, 2.05) is 0 Å². The fourth-order valence-corrected chi connectivity index (χ4v) is 1.50. The number of amides is 1. The summed E-state index contributed by atoms with van der Waals surface area (Å²) >= 11 is 0. The first-order valence-electron chi connectivity index (χ1n) is 5.89. The van der Waals surface area contributed by atoms with Crippen LogP contribution in [0, 0.1) is 0 Å². The molecule has 112 valence electrons. The zero-order valence-electron chi connectivity index (χ0n) is 12.0. The van der Waals surface area contributed by atoms with E-state index in [0.29, 0.717) is 23.9 Å². The van der Waals surface area contributed by atoms with E-state index in [1.165, 1.54) is 27.4 Å². The van der Waals surface area contributed by atoms with Crippen molar-refractivity contribution in [2.24, 2.45) is 0 Å². The molecule has 0 aliphatic rings. The first kappa shape index (κ1) is 16.1. The van der Waals surface area contributed by atoms with Gasteiger partial charge in [-0.1, -0.05) is 0 Å². The van der Waals surface area contributed by atoms with Crippen LogP contribution < -0.4 is 19.7 Å². The lowest BCUT2D eigenvalue weighted by Gasteiger charge is -2.13. The van der Waals surface area contributed by atoms with Crippen molar-refractivity contribution in [1.29, 1.82) is 0 Å². The number of carbonyl (C=O) groups excluding carboxylic acids is 1. The quantitative estimate of drug-likeness (QED) is 0.568. The lowest BCUT2D eigenvalue weighted by atomic mass is 10.1. The molecule has 1 N–H and O–H groups in total. The smallest absolute Gasteiger partial charge is 0.278 e. The molecule has 0 unspecified atom stereocenters. The fourth-order valence-electron chi connectivity index (χ4n) is 1.50. The second kappa shape index (κ2) is 8.23. The molecule has 0 aliphatic heterocycles. The Labute approximate surface area is 117 Å². The summed E-state index contributed by atoms with van der Waals surface area (Å²) in [6, 6.07) is 3.09. The molecule has 0 bridgehead atoms. The van der Waals surface area contributed by atoms with Gasteiger partial charge in [0.25, 0.3) is 5.91 Å². The zero-order valence-corrected chi connectivity index (χ0v) is 12.0. The van der Waals surface area contributed by atoms with E-state index in [1.54, 1.807) is 13.2 Å². The summed E-state index contributed by atoms with van der Waals surface area (Å²) in [6.07, 6.45) is 0. The standard InChI is InChI=1S/C13H19NO6/c1-16-5-6-20-14-13(15)9-7-11(18-3)12(19-4)8-10(9)17-2/h7-8H,5-6H2,1-4H3,(H,14,15). The monoisotopic (exact) mass is 285 g/mol. The molecule has 0 spiro atoms. The van der Waals surface area contributed by atoms with Gasteiger partial charge in [0.05, 0.1) is 40.1 Å². The Hall–Kier alpha value is -1.99. The van der Waals surface area contributed by atoms with Crippen molar-refractivity contribution >= 4 is 5.91 Å². The van der Waals surface area contributed by atoms with Gasteiger partial charge in [-0.2, -0.15) is 0 Å². The molecule has 7 nitrogen and oxygen atoms in total. The third-order valence-electron chi connectivity index (χ3n) is 2.50. The van der Waals surface area contributed by atoms with Crippen LogP contribution in [0.4, 0.5) is 0 Å². The highest BCUT2D eigenvalue weighted by Gasteiger charge is 2.17. The molecule has 0 aromatic heterocycles. The number of hydrogen-bond donors (Lipinski definition) is 1. The predicted molar refractivity (Wildman–Crippen MR) is 71.4 cm³/mol. The number of rotatable bonds is 8. The molecule has 0 saturated carbocycles. The van der Waals surface area contributed by atoms with Gasteiger partial charge in [-0.25, -0.2) is 5.48 Å². The van der Waals surface area contributed by atoms with Crippen molar-refractivity contribution in [3.63, 3.8) is 0 Å². The molecule has 20 heavy (non-hydrogen) atoms. The van der Waals surface area contributed by atoms with Crippen LogP contribution in [-0.2, 0) is 9.57 Å². The molecule has 0 aliphatic carbocycles. The van der Waals surface area contributed by atoms with Crippen molar-refractivity contribution in [2.45, 2.75) is 0 Å². The van der Waals surface area contributed by atoms with Crippen LogP contribution in [0.2, 0.25) is 0 Å². The van der Waals surface area contributed by atoms with Crippen LogP contribution in [0.25, 0.3) is 0 Å². The summed E-state index contributed by atoms with van der Waals surface area (Å²) in [5, 5.41) is 0. The van der Waals surface area contributed by atoms with Crippen LogP contribution in [0.1, 0.15) is 10.4 Å². The number of carbonyl (C=O) groups is 1. The molecule has 7 heteroatoms. The van der Waals surface area contributed by atoms with Gasteiger partial charge in [0.1, 0.15) is 5.75 Å². The first-order chi connectivity index (χ1) is 9.67. The van der Waals surface area contributed by atoms with Gasteiger partial charge in [0.2, 0.25) is 0 Å². The van der Waals surface area contributed by atoms with Crippen molar-refractivity contribution in [2.75, 3.05) is 41.7 Å². The van der Waals surface area contributed by atoms with Gasteiger partial charge in [-0.3, -0.25) is 9.63 Å². The largest absolute Gasteiger partial charge is 0.496 e. The molecule has 0 radical (unpaired) electrons. The third kappa shape index (κ3) is 4.01. The van der Waals surface area contributed by atoms with Crippen LogP contribution in [0.3, 0.4) is 0 Å². The Morgan fingerprint density at radius 3 is 2.10 bits per heavy atom. The van der Waals surface area contributed by atoms with Gasteiger partial charge >= 0.3 is 0 Å². The van der Waals surface area contributed by atoms with Crippen LogP contribution in [0.5, 0.6) is 17.2 Å². The molecular weight excluding hydrogens is 266 g/mol. The fraction of sp³-hybridized carbons (Fsp3) is 0.462. The van der Waals surface area contributed by atoms with Gasteiger partial charge in [-0.15, -0.1) is 0 Å². The molecule has 1 amide bonds. The Kier molecular flexibility index (Phi) is 6.61. The Balaban J connectivity index is 2.89. The van der Waals surface area contributed by atoms with Crippen LogP contribution in [-0.4, -0.2) is 47.6 Å². The summed E-state index contributed by atoms with van der Waals surface area (Å²) < 4.78 is 20.3. The molecule has 0 atom stereocenters. The van der Waals surface area contributed by atoms with Crippen molar-refractivity contribution < 1.29 is 28.6 Å². The van der Waals surface area contributed by atoms with Crippen molar-refractivity contribution in [3.05, 3.63) is 17.7 Å². The summed E-state index contributed by atoms with van der Waals surface area (Å²) in [5.74, 6) is 0.811. The minimum Gasteiger partial charge on any atom is -0.496 e. The number of hydroxylamine groups is 1. The number of hydrogen-bond acceptors (Lipinski definition) is 6. The number of nitrogens with one attached hydrogen (secondary N) is 1. The normalized spacial score (nSPS) is 10.0. The van der Waals surface area contributed by atoms with Crippen LogP contribution >= 0.6 is 0 Å². The first-order valence-corrected chi connectivity index (χ1v) is 5.89. The topological polar surface area (TPSA) is 75.3 Å². The van der Waals surface area contributed by atoms with Gasteiger partial charge in [-0.05, 0) is 0 Å². The average Bonchev–Trinajstić information content (AvgIpc) is 2.49. The third-order valence-corrected chi connectivity index (χ3v) is 2.50. The van der Waals surface area contributed by atoms with Crippen molar-refractivity contribution in [1.82, 2.24) is 5.48 Å². The Morgan fingerprint density at radius 1 is 0.950 bits per heavy atom. The SMILES string of the molecule is COCCONC(=O)c1cc(OC)c(OC)cc1OC. The van der Waals surface area contributed by atoms with E-state index in [0.717, 1.165) is 0 Å². The predicted octanol–water partition coefficient (Wildman–Crippen LogP) is 1.02. The average molecular weight is 285 g/mol. The summed E-state index contributed by atoms with van der Waals surface area (Å²) in [7, 11) is 6.00. The molecule has 1 rings (SSSR count). The molecule has 1 aromatic rings. The van der Waals surface area contributed by atoms with Gasteiger partial charge in [0, 0.05) is 19.2 Å². The molecule has 0 heterocycles. The highest BCUT2D eigenvalue weighted by molar-refractivity contribution is 5.97. The Morgan fingerprint density at radius 2 is 1.55 bits per heavy atom. The van der Waals surface area contributed by atoms with E-state index < -0.39 is 5.91 Å².